The third-order valence-corrected chi connectivity index (χ3v) is 8.44. The molecule has 1 fully saturated rings. The highest BCUT2D eigenvalue weighted by molar-refractivity contribution is 6.36. The van der Waals surface area contributed by atoms with E-state index in [0.717, 1.165) is 63.6 Å². The second kappa shape index (κ2) is 13.5. The van der Waals surface area contributed by atoms with Gasteiger partial charge in [0.25, 0.3) is 0 Å². The molecule has 0 amide bonds. The lowest BCUT2D eigenvalue weighted by Gasteiger charge is -2.41. The molecule has 0 bridgehead atoms. The summed E-state index contributed by atoms with van der Waals surface area (Å²) in [4.78, 5) is 2.64. The fourth-order valence-electron chi connectivity index (χ4n) is 5.98. The van der Waals surface area contributed by atoms with Crippen LogP contribution in [0.1, 0.15) is 82.8 Å². The molecule has 1 aliphatic carbocycles. The Hall–Kier alpha value is -1.53. The number of nitriles is 1. The van der Waals surface area contributed by atoms with Gasteiger partial charge in [-0.1, -0.05) is 92.7 Å². The summed E-state index contributed by atoms with van der Waals surface area (Å²) in [6.45, 7) is 6.67. The molecular weight excluding hydrogens is 459 g/mol. The lowest BCUT2D eigenvalue weighted by atomic mass is 9.63. The highest BCUT2D eigenvalue weighted by Crippen LogP contribution is 2.49. The molecule has 0 saturated heterocycles. The molecule has 2 atom stereocenters. The van der Waals surface area contributed by atoms with Crippen LogP contribution in [0.2, 0.25) is 10.0 Å². The zero-order valence-corrected chi connectivity index (χ0v) is 22.4. The minimum Gasteiger partial charge on any atom is -0.300 e. The average molecular weight is 500 g/mol. The van der Waals surface area contributed by atoms with Crippen molar-refractivity contribution in [3.05, 3.63) is 69.7 Å². The summed E-state index contributed by atoms with van der Waals surface area (Å²) in [5.41, 5.74) is 1.63. The van der Waals surface area contributed by atoms with Crippen molar-refractivity contribution < 1.29 is 0 Å². The van der Waals surface area contributed by atoms with E-state index in [-0.39, 0.29) is 0 Å². The standard InChI is InChI=1S/C30H40Cl2N2/c1-3-21-34(22-19-24-12-7-5-8-13-24)26(4-2)18-20-30(23-33,25-14-9-6-10-15-25)29-27(31)16-11-17-28(29)32/h5,7-8,11-13,16-17,25-26H,3-4,6,9-10,14-15,18-22H2,1-2H3. The van der Waals surface area contributed by atoms with E-state index in [1.165, 1.54) is 24.8 Å². The van der Waals surface area contributed by atoms with Gasteiger partial charge in [0.1, 0.15) is 0 Å². The minimum atomic E-state index is -0.624. The van der Waals surface area contributed by atoms with Gasteiger partial charge in [-0.25, -0.2) is 0 Å². The number of hydrogen-bond donors (Lipinski definition) is 0. The highest BCUT2D eigenvalue weighted by atomic mass is 35.5. The van der Waals surface area contributed by atoms with Gasteiger partial charge in [-0.05, 0) is 75.1 Å². The van der Waals surface area contributed by atoms with Crippen molar-refractivity contribution in [1.82, 2.24) is 4.90 Å². The van der Waals surface area contributed by atoms with Crippen LogP contribution in [0.25, 0.3) is 0 Å². The van der Waals surface area contributed by atoms with Crippen LogP contribution in [0, 0.1) is 17.2 Å². The molecule has 2 unspecified atom stereocenters. The number of rotatable bonds is 12. The molecule has 1 saturated carbocycles. The van der Waals surface area contributed by atoms with Crippen molar-refractivity contribution in [1.29, 1.82) is 5.26 Å². The number of nitrogens with zero attached hydrogens (tertiary/aromatic N) is 2. The topological polar surface area (TPSA) is 27.0 Å². The van der Waals surface area contributed by atoms with Crippen LogP contribution < -0.4 is 0 Å². The van der Waals surface area contributed by atoms with Crippen molar-refractivity contribution in [2.45, 2.75) is 89.5 Å². The molecule has 2 nitrogen and oxygen atoms in total. The summed E-state index contributed by atoms with van der Waals surface area (Å²) in [6, 6.07) is 19.7. The molecular formula is C30H40Cl2N2. The Labute approximate surface area is 217 Å². The van der Waals surface area contributed by atoms with Crippen LogP contribution in [-0.4, -0.2) is 24.0 Å². The third-order valence-electron chi connectivity index (χ3n) is 7.81. The predicted octanol–water partition coefficient (Wildman–Crippen LogP) is 8.85. The van der Waals surface area contributed by atoms with Gasteiger partial charge in [0.15, 0.2) is 0 Å². The molecule has 0 aromatic heterocycles. The van der Waals surface area contributed by atoms with E-state index in [4.69, 9.17) is 23.2 Å². The van der Waals surface area contributed by atoms with E-state index in [9.17, 15) is 5.26 Å². The average Bonchev–Trinajstić information content (AvgIpc) is 2.87. The summed E-state index contributed by atoms with van der Waals surface area (Å²) < 4.78 is 0. The Morgan fingerprint density at radius 3 is 2.24 bits per heavy atom. The Balaban J connectivity index is 1.84. The quantitative estimate of drug-likeness (QED) is 0.292. The molecule has 0 N–H and O–H groups in total. The van der Waals surface area contributed by atoms with E-state index < -0.39 is 5.41 Å². The van der Waals surface area contributed by atoms with E-state index in [1.807, 2.05) is 18.2 Å². The first-order valence-electron chi connectivity index (χ1n) is 13.2. The highest BCUT2D eigenvalue weighted by Gasteiger charge is 2.44. The van der Waals surface area contributed by atoms with Gasteiger partial charge in [0.2, 0.25) is 0 Å². The minimum absolute atomic E-state index is 0.310. The predicted molar refractivity (Wildman–Crippen MR) is 146 cm³/mol. The second-order valence-corrected chi connectivity index (χ2v) is 10.7. The summed E-state index contributed by atoms with van der Waals surface area (Å²) in [7, 11) is 0. The first kappa shape index (κ1) is 27.1. The van der Waals surface area contributed by atoms with Crippen LogP contribution >= 0.6 is 23.2 Å². The summed E-state index contributed by atoms with van der Waals surface area (Å²) >= 11 is 13.5. The number of hydrogen-bond acceptors (Lipinski definition) is 2. The van der Waals surface area contributed by atoms with Crippen LogP contribution in [0.3, 0.4) is 0 Å². The Bertz CT molecular complexity index is 897. The van der Waals surface area contributed by atoms with Gasteiger partial charge in [0.05, 0.1) is 11.5 Å². The largest absolute Gasteiger partial charge is 0.300 e. The molecule has 1 aliphatic rings. The molecule has 3 rings (SSSR count). The molecule has 34 heavy (non-hydrogen) atoms. The van der Waals surface area contributed by atoms with E-state index in [1.54, 1.807) is 0 Å². The van der Waals surface area contributed by atoms with Crippen LogP contribution in [0.4, 0.5) is 0 Å². The number of halogens is 2. The monoisotopic (exact) mass is 498 g/mol. The van der Waals surface area contributed by atoms with E-state index in [0.29, 0.717) is 22.0 Å². The maximum absolute atomic E-state index is 10.7. The molecule has 0 radical (unpaired) electrons. The fraction of sp³-hybridized carbons (Fsp3) is 0.567. The van der Waals surface area contributed by atoms with Gasteiger partial charge < -0.3 is 4.90 Å². The molecule has 0 heterocycles. The normalized spacial score (nSPS) is 17.3. The zero-order chi connectivity index (χ0) is 24.4. The summed E-state index contributed by atoms with van der Waals surface area (Å²) in [6.07, 6.45) is 10.9. The first-order valence-corrected chi connectivity index (χ1v) is 13.9. The third kappa shape index (κ3) is 6.57. The Morgan fingerprint density at radius 1 is 0.971 bits per heavy atom. The van der Waals surface area contributed by atoms with Crippen LogP contribution in [-0.2, 0) is 11.8 Å². The number of benzene rings is 2. The van der Waals surface area contributed by atoms with Gasteiger partial charge in [-0.3, -0.25) is 0 Å². The molecule has 0 spiro atoms. The van der Waals surface area contributed by atoms with Crippen molar-refractivity contribution in [2.75, 3.05) is 13.1 Å². The van der Waals surface area contributed by atoms with Crippen molar-refractivity contribution in [3.8, 4) is 6.07 Å². The lowest BCUT2D eigenvalue weighted by Crippen LogP contribution is -2.41. The zero-order valence-electron chi connectivity index (χ0n) is 20.9. The smallest absolute Gasteiger partial charge is 0.0879 e. The van der Waals surface area contributed by atoms with Crippen LogP contribution in [0.15, 0.2) is 48.5 Å². The maximum atomic E-state index is 10.7. The van der Waals surface area contributed by atoms with Crippen molar-refractivity contribution in [3.63, 3.8) is 0 Å². The van der Waals surface area contributed by atoms with Gasteiger partial charge >= 0.3 is 0 Å². The Morgan fingerprint density at radius 2 is 1.65 bits per heavy atom. The van der Waals surface area contributed by atoms with E-state index in [2.05, 4.69) is 55.1 Å². The Kier molecular flexibility index (Phi) is 10.8. The lowest BCUT2D eigenvalue weighted by molar-refractivity contribution is 0.159. The molecule has 2 aromatic carbocycles. The summed E-state index contributed by atoms with van der Waals surface area (Å²) in [5.74, 6) is 0.310. The van der Waals surface area contributed by atoms with Gasteiger partial charge in [-0.15, -0.1) is 0 Å². The van der Waals surface area contributed by atoms with Crippen LogP contribution in [0.5, 0.6) is 0 Å². The first-order chi connectivity index (χ1) is 16.6. The summed E-state index contributed by atoms with van der Waals surface area (Å²) in [5, 5.41) is 12.0. The molecule has 4 heteroatoms. The SMILES string of the molecule is CCCN(CCc1ccccc1)C(CC)CCC(C#N)(c1c(Cl)cccc1Cl)C1CCCCC1. The molecule has 0 aliphatic heterocycles. The van der Waals surface area contributed by atoms with Crippen molar-refractivity contribution in [2.24, 2.45) is 5.92 Å². The second-order valence-electron chi connectivity index (χ2n) is 9.89. The maximum Gasteiger partial charge on any atom is 0.0879 e. The molecule has 2 aromatic rings. The van der Waals surface area contributed by atoms with E-state index >= 15 is 0 Å². The van der Waals surface area contributed by atoms with Gasteiger partial charge in [-0.2, -0.15) is 5.26 Å². The fourth-order valence-corrected chi connectivity index (χ4v) is 6.71. The molecule has 184 valence electrons. The van der Waals surface area contributed by atoms with Crippen molar-refractivity contribution >= 4 is 23.2 Å². The van der Waals surface area contributed by atoms with Gasteiger partial charge in [0, 0.05) is 28.2 Å².